The van der Waals surface area contributed by atoms with Crippen molar-refractivity contribution in [1.82, 2.24) is 9.88 Å². The Bertz CT molecular complexity index is 916. The van der Waals surface area contributed by atoms with Crippen LogP contribution in [0.3, 0.4) is 0 Å². The van der Waals surface area contributed by atoms with Gasteiger partial charge in [0.25, 0.3) is 0 Å². The Labute approximate surface area is 143 Å². The molecular formula is C19H17FN2O3. The van der Waals surface area contributed by atoms with Crippen molar-refractivity contribution < 1.29 is 19.1 Å². The van der Waals surface area contributed by atoms with Gasteiger partial charge < -0.3 is 15.0 Å². The summed E-state index contributed by atoms with van der Waals surface area (Å²) < 4.78 is 15.2. The molecule has 0 radical (unpaired) electrons. The molecule has 0 aliphatic carbocycles. The van der Waals surface area contributed by atoms with Gasteiger partial charge in [0.15, 0.2) is 0 Å². The first-order chi connectivity index (χ1) is 12.0. The fourth-order valence-corrected chi connectivity index (χ4v) is 2.63. The van der Waals surface area contributed by atoms with Crippen molar-refractivity contribution in [1.29, 1.82) is 0 Å². The number of rotatable bonds is 6. The van der Waals surface area contributed by atoms with Crippen LogP contribution in [0, 0.1) is 5.82 Å². The maximum absolute atomic E-state index is 13.4. The number of benzene rings is 2. The summed E-state index contributed by atoms with van der Waals surface area (Å²) in [7, 11) is 0. The van der Waals surface area contributed by atoms with Crippen molar-refractivity contribution in [3.05, 3.63) is 71.7 Å². The van der Waals surface area contributed by atoms with Crippen LogP contribution in [-0.4, -0.2) is 21.6 Å². The molecule has 1 amide bonds. The molecule has 2 N–H and O–H groups in total. The minimum atomic E-state index is -0.981. The molecule has 0 atom stereocenters. The summed E-state index contributed by atoms with van der Waals surface area (Å²) >= 11 is 0. The van der Waals surface area contributed by atoms with E-state index in [1.807, 2.05) is 16.8 Å². The largest absolute Gasteiger partial charge is 0.478 e. The first-order valence-corrected chi connectivity index (χ1v) is 7.86. The Morgan fingerprint density at radius 1 is 1.08 bits per heavy atom. The average Bonchev–Trinajstić information content (AvgIpc) is 3.00. The lowest BCUT2D eigenvalue weighted by atomic mass is 10.1. The summed E-state index contributed by atoms with van der Waals surface area (Å²) in [5.41, 5.74) is 1.80. The van der Waals surface area contributed by atoms with Crippen molar-refractivity contribution >= 4 is 22.8 Å². The normalized spacial score (nSPS) is 10.8. The number of fused-ring (bicyclic) bond motifs is 1. The van der Waals surface area contributed by atoms with Crippen molar-refractivity contribution in [2.75, 3.05) is 0 Å². The van der Waals surface area contributed by atoms with E-state index in [0.29, 0.717) is 13.1 Å². The summed E-state index contributed by atoms with van der Waals surface area (Å²) in [6, 6.07) is 12.8. The number of hydrogen-bond donors (Lipinski definition) is 2. The van der Waals surface area contributed by atoms with Gasteiger partial charge in [-0.3, -0.25) is 4.79 Å². The van der Waals surface area contributed by atoms with E-state index in [-0.39, 0.29) is 23.7 Å². The van der Waals surface area contributed by atoms with E-state index in [2.05, 4.69) is 5.32 Å². The van der Waals surface area contributed by atoms with Crippen molar-refractivity contribution in [3.8, 4) is 0 Å². The molecule has 3 aromatic rings. The summed E-state index contributed by atoms with van der Waals surface area (Å²) in [5.74, 6) is -1.41. The predicted molar refractivity (Wildman–Crippen MR) is 91.8 cm³/mol. The SMILES string of the molecule is O=C(CCn1ccc2ccc(F)cc21)NCc1ccc(C(=O)O)cc1. The molecule has 2 aromatic carbocycles. The smallest absolute Gasteiger partial charge is 0.335 e. The fourth-order valence-electron chi connectivity index (χ4n) is 2.63. The maximum Gasteiger partial charge on any atom is 0.335 e. The molecule has 0 aliphatic heterocycles. The van der Waals surface area contributed by atoms with Gasteiger partial charge in [-0.25, -0.2) is 9.18 Å². The number of carbonyl (C=O) groups is 2. The second-order valence-corrected chi connectivity index (χ2v) is 5.74. The number of carboxylic acid groups (broad SMARTS) is 1. The van der Waals surface area contributed by atoms with Crippen LogP contribution in [0.2, 0.25) is 0 Å². The van der Waals surface area contributed by atoms with Crippen molar-refractivity contribution in [3.63, 3.8) is 0 Å². The maximum atomic E-state index is 13.4. The Morgan fingerprint density at radius 2 is 1.84 bits per heavy atom. The van der Waals surface area contributed by atoms with Gasteiger partial charge in [-0.15, -0.1) is 0 Å². The van der Waals surface area contributed by atoms with Gasteiger partial charge in [0.2, 0.25) is 5.91 Å². The van der Waals surface area contributed by atoms with Crippen LogP contribution >= 0.6 is 0 Å². The van der Waals surface area contributed by atoms with Gasteiger partial charge in [0.05, 0.1) is 11.1 Å². The van der Waals surface area contributed by atoms with Crippen LogP contribution in [0.1, 0.15) is 22.3 Å². The Balaban J connectivity index is 1.54. The van der Waals surface area contributed by atoms with E-state index < -0.39 is 5.97 Å². The summed E-state index contributed by atoms with van der Waals surface area (Å²) in [4.78, 5) is 22.8. The molecule has 0 saturated carbocycles. The Morgan fingerprint density at radius 3 is 2.56 bits per heavy atom. The first-order valence-electron chi connectivity index (χ1n) is 7.86. The standard InChI is InChI=1S/C19H17FN2O3/c20-16-6-5-14-7-9-22(17(14)11-16)10-8-18(23)21-12-13-1-3-15(4-2-13)19(24)25/h1-7,9,11H,8,10,12H2,(H,21,23)(H,24,25). The molecule has 5 nitrogen and oxygen atoms in total. The van der Waals surface area contributed by atoms with E-state index >= 15 is 0 Å². The third kappa shape index (κ3) is 4.03. The highest BCUT2D eigenvalue weighted by Crippen LogP contribution is 2.17. The van der Waals surface area contributed by atoms with Crippen molar-refractivity contribution in [2.45, 2.75) is 19.5 Å². The molecule has 6 heteroatoms. The van der Waals surface area contributed by atoms with E-state index in [0.717, 1.165) is 16.5 Å². The van der Waals surface area contributed by atoms with E-state index in [1.54, 1.807) is 18.2 Å². The number of nitrogens with one attached hydrogen (secondary N) is 1. The molecule has 0 spiro atoms. The predicted octanol–water partition coefficient (Wildman–Crippen LogP) is 3.19. The summed E-state index contributed by atoms with van der Waals surface area (Å²) in [6.07, 6.45) is 2.11. The number of aromatic carboxylic acids is 1. The van der Waals surface area contributed by atoms with Crippen LogP contribution in [0.25, 0.3) is 10.9 Å². The molecule has 1 aromatic heterocycles. The van der Waals surface area contributed by atoms with Crippen LogP contribution < -0.4 is 5.32 Å². The number of amides is 1. The number of aryl methyl sites for hydroxylation is 1. The lowest BCUT2D eigenvalue weighted by Gasteiger charge is -2.08. The molecule has 128 valence electrons. The fraction of sp³-hybridized carbons (Fsp3) is 0.158. The third-order valence-corrected chi connectivity index (χ3v) is 4.01. The van der Waals surface area contributed by atoms with E-state index in [1.165, 1.54) is 24.3 Å². The Kier molecular flexibility index (Phi) is 4.79. The van der Waals surface area contributed by atoms with Crippen molar-refractivity contribution in [2.24, 2.45) is 0 Å². The summed E-state index contributed by atoms with van der Waals surface area (Å²) in [6.45, 7) is 0.788. The molecule has 1 heterocycles. The molecule has 25 heavy (non-hydrogen) atoms. The quantitative estimate of drug-likeness (QED) is 0.724. The van der Waals surface area contributed by atoms with Gasteiger partial charge in [0, 0.05) is 25.7 Å². The minimum Gasteiger partial charge on any atom is -0.478 e. The number of carbonyl (C=O) groups excluding carboxylic acids is 1. The zero-order chi connectivity index (χ0) is 17.8. The van der Waals surface area contributed by atoms with E-state index in [9.17, 15) is 14.0 Å². The molecule has 0 bridgehead atoms. The molecule has 0 aliphatic rings. The topological polar surface area (TPSA) is 71.3 Å². The molecule has 3 rings (SSSR count). The van der Waals surface area contributed by atoms with Crippen LogP contribution in [0.15, 0.2) is 54.7 Å². The van der Waals surface area contributed by atoms with Crippen LogP contribution in [-0.2, 0) is 17.9 Å². The van der Waals surface area contributed by atoms with Gasteiger partial charge in [-0.05, 0) is 47.3 Å². The third-order valence-electron chi connectivity index (χ3n) is 4.01. The number of carboxylic acids is 1. The second kappa shape index (κ2) is 7.17. The average molecular weight is 340 g/mol. The van der Waals surface area contributed by atoms with Crippen LogP contribution in [0.5, 0.6) is 0 Å². The Hall–Kier alpha value is -3.15. The molecular weight excluding hydrogens is 323 g/mol. The number of hydrogen-bond acceptors (Lipinski definition) is 2. The number of aromatic nitrogens is 1. The second-order valence-electron chi connectivity index (χ2n) is 5.74. The van der Waals surface area contributed by atoms with Gasteiger partial charge in [-0.2, -0.15) is 0 Å². The zero-order valence-electron chi connectivity index (χ0n) is 13.4. The first kappa shape index (κ1) is 16.7. The summed E-state index contributed by atoms with van der Waals surface area (Å²) in [5, 5.41) is 12.6. The molecule has 0 fully saturated rings. The number of nitrogens with zero attached hydrogens (tertiary/aromatic N) is 1. The monoisotopic (exact) mass is 340 g/mol. The highest BCUT2D eigenvalue weighted by atomic mass is 19.1. The van der Waals surface area contributed by atoms with Gasteiger partial charge in [-0.1, -0.05) is 12.1 Å². The van der Waals surface area contributed by atoms with E-state index in [4.69, 9.17) is 5.11 Å². The minimum absolute atomic E-state index is 0.124. The molecule has 0 saturated heterocycles. The van der Waals surface area contributed by atoms with Gasteiger partial charge >= 0.3 is 5.97 Å². The highest BCUT2D eigenvalue weighted by molar-refractivity contribution is 5.87. The zero-order valence-corrected chi connectivity index (χ0v) is 13.4. The number of halogens is 1. The van der Waals surface area contributed by atoms with Gasteiger partial charge in [0.1, 0.15) is 5.82 Å². The van der Waals surface area contributed by atoms with Crippen LogP contribution in [0.4, 0.5) is 4.39 Å². The highest BCUT2D eigenvalue weighted by Gasteiger charge is 2.07. The lowest BCUT2D eigenvalue weighted by molar-refractivity contribution is -0.121. The molecule has 0 unspecified atom stereocenters. The lowest BCUT2D eigenvalue weighted by Crippen LogP contribution is -2.23.